The maximum absolute atomic E-state index is 13.2. The Kier molecular flexibility index (Phi) is 17.4. The molecule has 0 heterocycles. The Morgan fingerprint density at radius 1 is 0.643 bits per heavy atom. The van der Waals surface area contributed by atoms with E-state index in [9.17, 15) is 24.0 Å². The number of amides is 4. The first-order chi connectivity index (χ1) is 19.2. The van der Waals surface area contributed by atoms with E-state index < -0.39 is 29.7 Å². The normalized spacial score (nSPS) is 14.7. The highest BCUT2D eigenvalue weighted by molar-refractivity contribution is 5.88. The molecule has 0 aliphatic heterocycles. The molecule has 0 bridgehead atoms. The van der Waals surface area contributed by atoms with Gasteiger partial charge in [0.2, 0.25) is 17.7 Å². The van der Waals surface area contributed by atoms with Crippen LogP contribution < -0.4 is 21.3 Å². The van der Waals surface area contributed by atoms with Crippen molar-refractivity contribution in [3.8, 4) is 0 Å². The topological polar surface area (TPSA) is 163 Å². The van der Waals surface area contributed by atoms with Gasteiger partial charge in [0, 0.05) is 24.9 Å². The van der Waals surface area contributed by atoms with E-state index in [4.69, 9.17) is 9.84 Å². The third-order valence-corrected chi connectivity index (χ3v) is 6.69. The van der Waals surface area contributed by atoms with Crippen molar-refractivity contribution in [1.82, 2.24) is 21.3 Å². The lowest BCUT2D eigenvalue weighted by atomic mass is 9.96. The quantitative estimate of drug-likeness (QED) is 0.156. The zero-order chi connectivity index (χ0) is 32.8. The van der Waals surface area contributed by atoms with Crippen LogP contribution in [0.3, 0.4) is 0 Å². The van der Waals surface area contributed by atoms with Crippen molar-refractivity contribution in [1.29, 1.82) is 0 Å². The van der Waals surface area contributed by atoms with E-state index >= 15 is 0 Å². The summed E-state index contributed by atoms with van der Waals surface area (Å²) in [7, 11) is 0. The predicted molar refractivity (Wildman–Crippen MR) is 164 cm³/mol. The van der Waals surface area contributed by atoms with E-state index in [0.29, 0.717) is 25.7 Å². The van der Waals surface area contributed by atoms with Crippen molar-refractivity contribution in [3.63, 3.8) is 0 Å². The highest BCUT2D eigenvalue weighted by Crippen LogP contribution is 2.15. The van der Waals surface area contributed by atoms with Crippen LogP contribution in [0, 0.1) is 23.7 Å². The minimum atomic E-state index is -0.926. The van der Waals surface area contributed by atoms with Crippen molar-refractivity contribution >= 4 is 29.8 Å². The van der Waals surface area contributed by atoms with Crippen LogP contribution in [0.4, 0.5) is 4.79 Å². The van der Waals surface area contributed by atoms with Gasteiger partial charge in [-0.3, -0.25) is 19.2 Å². The van der Waals surface area contributed by atoms with E-state index in [2.05, 4.69) is 21.3 Å². The summed E-state index contributed by atoms with van der Waals surface area (Å²) in [4.78, 5) is 62.7. The fourth-order valence-corrected chi connectivity index (χ4v) is 4.40. The molecule has 0 fully saturated rings. The molecule has 11 nitrogen and oxygen atoms in total. The number of hydrogen-bond acceptors (Lipinski definition) is 6. The first kappa shape index (κ1) is 39.1. The zero-order valence-corrected chi connectivity index (χ0v) is 27.8. The second kappa shape index (κ2) is 18.6. The van der Waals surface area contributed by atoms with Gasteiger partial charge in [0.1, 0.15) is 17.7 Å². The molecule has 4 atom stereocenters. The smallest absolute Gasteiger partial charge is 0.408 e. The fraction of sp³-hybridized carbons (Fsp3) is 0.839. The molecule has 42 heavy (non-hydrogen) atoms. The summed E-state index contributed by atoms with van der Waals surface area (Å²) < 4.78 is 5.33. The fourth-order valence-electron chi connectivity index (χ4n) is 4.40. The second-order valence-corrected chi connectivity index (χ2v) is 13.8. The first-order valence-corrected chi connectivity index (χ1v) is 15.3. The standard InChI is InChI=1S/C31H58N4O7/c1-18(2)16-24(28(39)34-23(21(7)8)13-15-27(37)38)32-26(36)14-12-22(20(5)6)33-29(40)25(17-19(3)4)35-30(41)42-31(9,10)11/h18-25H,12-17H2,1-11H3,(H,32,36)(H,33,40)(H,34,39)(H,35,41)(H,37,38)/t22-,23-,24+,25+/m1/s1. The summed E-state index contributed by atoms with van der Waals surface area (Å²) in [6.07, 6.45) is 0.868. The summed E-state index contributed by atoms with van der Waals surface area (Å²) in [5, 5.41) is 20.5. The number of alkyl carbamates (subject to hydrolysis) is 1. The second-order valence-electron chi connectivity index (χ2n) is 13.8. The van der Waals surface area contributed by atoms with Crippen LogP contribution in [0.5, 0.6) is 0 Å². The summed E-state index contributed by atoms with van der Waals surface area (Å²) in [5.74, 6) is -1.59. The van der Waals surface area contributed by atoms with Gasteiger partial charge in [-0.15, -0.1) is 0 Å². The Morgan fingerprint density at radius 2 is 1.05 bits per heavy atom. The molecule has 0 aromatic heterocycles. The van der Waals surface area contributed by atoms with Crippen LogP contribution in [0.2, 0.25) is 0 Å². The number of carbonyl (C=O) groups is 5. The number of ether oxygens (including phenoxy) is 1. The number of aliphatic carboxylic acids is 1. The number of rotatable bonds is 18. The monoisotopic (exact) mass is 598 g/mol. The Labute approximate surface area is 253 Å². The molecule has 0 saturated carbocycles. The lowest BCUT2D eigenvalue weighted by Gasteiger charge is -2.28. The molecule has 0 rings (SSSR count). The third-order valence-electron chi connectivity index (χ3n) is 6.69. The van der Waals surface area contributed by atoms with Crippen LogP contribution >= 0.6 is 0 Å². The van der Waals surface area contributed by atoms with E-state index in [-0.39, 0.29) is 66.3 Å². The van der Waals surface area contributed by atoms with Gasteiger partial charge < -0.3 is 31.1 Å². The summed E-state index contributed by atoms with van der Waals surface area (Å²) in [5.41, 5.74) is -0.699. The van der Waals surface area contributed by atoms with E-state index in [1.54, 1.807) is 20.8 Å². The van der Waals surface area contributed by atoms with Crippen LogP contribution in [0.1, 0.15) is 115 Å². The average molecular weight is 599 g/mol. The van der Waals surface area contributed by atoms with Gasteiger partial charge in [0.05, 0.1) is 0 Å². The van der Waals surface area contributed by atoms with E-state index in [0.717, 1.165) is 0 Å². The lowest BCUT2D eigenvalue weighted by Crippen LogP contribution is -2.53. The minimum absolute atomic E-state index is 0.0128. The summed E-state index contributed by atoms with van der Waals surface area (Å²) >= 11 is 0. The molecular formula is C31H58N4O7. The van der Waals surface area contributed by atoms with Gasteiger partial charge >= 0.3 is 12.1 Å². The molecule has 0 spiro atoms. The highest BCUT2D eigenvalue weighted by atomic mass is 16.6. The average Bonchev–Trinajstić information content (AvgIpc) is 2.80. The van der Waals surface area contributed by atoms with Crippen molar-refractivity contribution < 1.29 is 33.8 Å². The zero-order valence-electron chi connectivity index (χ0n) is 27.8. The third kappa shape index (κ3) is 17.9. The van der Waals surface area contributed by atoms with Crippen LogP contribution in [-0.2, 0) is 23.9 Å². The Morgan fingerprint density at radius 3 is 1.40 bits per heavy atom. The molecule has 0 saturated heterocycles. The van der Waals surface area contributed by atoms with Gasteiger partial charge in [0.15, 0.2) is 0 Å². The maximum atomic E-state index is 13.2. The first-order valence-electron chi connectivity index (χ1n) is 15.3. The minimum Gasteiger partial charge on any atom is -0.481 e. The molecule has 0 aromatic carbocycles. The molecule has 5 N–H and O–H groups in total. The van der Waals surface area contributed by atoms with Gasteiger partial charge in [-0.2, -0.15) is 0 Å². The van der Waals surface area contributed by atoms with Crippen LogP contribution in [-0.4, -0.2) is 64.7 Å². The number of hydrogen-bond donors (Lipinski definition) is 5. The van der Waals surface area contributed by atoms with E-state index in [1.807, 2.05) is 55.4 Å². The predicted octanol–water partition coefficient (Wildman–Crippen LogP) is 4.38. The Bertz CT molecular complexity index is 881. The van der Waals surface area contributed by atoms with Crippen LogP contribution in [0.25, 0.3) is 0 Å². The summed E-state index contributed by atoms with van der Waals surface area (Å²) in [6, 6.07) is -2.21. The molecule has 0 unspecified atom stereocenters. The summed E-state index contributed by atoms with van der Waals surface area (Å²) in [6.45, 7) is 20.8. The SMILES string of the molecule is CC(C)C[C@H](NC(=O)CC[C@@H](NC(=O)[C@H](CC(C)C)NC(=O)OC(C)(C)C)C(C)C)C(=O)N[C@H](CCC(=O)O)C(C)C. The number of carbonyl (C=O) groups excluding carboxylic acids is 4. The van der Waals surface area contributed by atoms with Crippen molar-refractivity contribution in [3.05, 3.63) is 0 Å². The molecule has 0 aliphatic carbocycles. The van der Waals surface area contributed by atoms with E-state index in [1.165, 1.54) is 0 Å². The van der Waals surface area contributed by atoms with Crippen molar-refractivity contribution in [2.45, 2.75) is 144 Å². The molecule has 11 heteroatoms. The van der Waals surface area contributed by atoms with Crippen molar-refractivity contribution in [2.24, 2.45) is 23.7 Å². The van der Waals surface area contributed by atoms with Gasteiger partial charge in [-0.05, 0) is 70.1 Å². The number of carboxylic acid groups (broad SMARTS) is 1. The Hall–Kier alpha value is -2.85. The maximum Gasteiger partial charge on any atom is 0.408 e. The van der Waals surface area contributed by atoms with Gasteiger partial charge in [-0.1, -0.05) is 55.4 Å². The molecule has 4 amide bonds. The molecule has 244 valence electrons. The molecular weight excluding hydrogens is 540 g/mol. The van der Waals surface area contributed by atoms with Crippen molar-refractivity contribution in [2.75, 3.05) is 0 Å². The highest BCUT2D eigenvalue weighted by Gasteiger charge is 2.29. The largest absolute Gasteiger partial charge is 0.481 e. The number of nitrogens with one attached hydrogen (secondary N) is 4. The molecule has 0 aromatic rings. The van der Waals surface area contributed by atoms with Crippen LogP contribution in [0.15, 0.2) is 0 Å². The molecule has 0 radical (unpaired) electrons. The number of carboxylic acids is 1. The molecule has 0 aliphatic rings. The van der Waals surface area contributed by atoms with Gasteiger partial charge in [0.25, 0.3) is 0 Å². The lowest BCUT2D eigenvalue weighted by molar-refractivity contribution is -0.137. The Balaban J connectivity index is 5.39. The van der Waals surface area contributed by atoms with Gasteiger partial charge in [-0.25, -0.2) is 4.79 Å².